The smallest absolute Gasteiger partial charge is 0.422 e. The first-order valence-electron chi connectivity index (χ1n) is 8.09. The molecule has 0 aliphatic carbocycles. The zero-order chi connectivity index (χ0) is 19.6. The average molecular weight is 392 g/mol. The van der Waals surface area contributed by atoms with Gasteiger partial charge in [-0.1, -0.05) is 19.1 Å². The first-order valence-corrected chi connectivity index (χ1v) is 9.49. The molecule has 1 aromatic rings. The maximum Gasteiger partial charge on any atom is 0.422 e. The number of rotatable bonds is 10. The Bertz CT molecular complexity index is 580. The van der Waals surface area contributed by atoms with Gasteiger partial charge in [-0.2, -0.15) is 24.9 Å². The first-order chi connectivity index (χ1) is 12.2. The van der Waals surface area contributed by atoms with Crippen LogP contribution >= 0.6 is 11.8 Å². The summed E-state index contributed by atoms with van der Waals surface area (Å²) in [5.74, 6) is 0.342. The zero-order valence-corrected chi connectivity index (χ0v) is 15.5. The van der Waals surface area contributed by atoms with Crippen molar-refractivity contribution in [3.05, 3.63) is 29.8 Å². The maximum absolute atomic E-state index is 12.3. The molecular weight excluding hydrogens is 369 g/mol. The number of carbonyl (C=O) groups excluding carboxylic acids is 2. The van der Waals surface area contributed by atoms with E-state index in [0.29, 0.717) is 18.4 Å². The van der Waals surface area contributed by atoms with Gasteiger partial charge >= 0.3 is 6.18 Å². The van der Waals surface area contributed by atoms with Gasteiger partial charge in [0.15, 0.2) is 6.61 Å². The number of carbonyl (C=O) groups is 2. The van der Waals surface area contributed by atoms with E-state index in [-0.39, 0.29) is 24.1 Å². The van der Waals surface area contributed by atoms with Crippen molar-refractivity contribution in [1.82, 2.24) is 10.6 Å². The van der Waals surface area contributed by atoms with Crippen LogP contribution in [0.25, 0.3) is 0 Å². The SMILES string of the molecule is CCC(=O)N[C@H](CCSC)C(=O)NCc1ccc(OCC(F)(F)F)cc1. The Balaban J connectivity index is 2.54. The van der Waals surface area contributed by atoms with Crippen LogP contribution in [-0.2, 0) is 16.1 Å². The van der Waals surface area contributed by atoms with Crippen molar-refractivity contribution in [3.8, 4) is 5.75 Å². The number of alkyl halides is 3. The molecular formula is C17H23F3N2O3S. The Morgan fingerprint density at radius 3 is 2.42 bits per heavy atom. The lowest BCUT2D eigenvalue weighted by Gasteiger charge is -2.18. The molecule has 9 heteroatoms. The van der Waals surface area contributed by atoms with Gasteiger partial charge in [0.1, 0.15) is 11.8 Å². The number of halogens is 3. The largest absolute Gasteiger partial charge is 0.484 e. The highest BCUT2D eigenvalue weighted by atomic mass is 32.2. The standard InChI is InChI=1S/C17H23F3N2O3S/c1-3-15(23)22-14(8-9-26-2)16(24)21-10-12-4-6-13(7-5-12)25-11-17(18,19)20/h4-7,14H,3,8-11H2,1-2H3,(H,21,24)(H,22,23)/t14-/m1/s1. The van der Waals surface area contributed by atoms with Crippen molar-refractivity contribution in [3.63, 3.8) is 0 Å². The van der Waals surface area contributed by atoms with Crippen LogP contribution in [0.3, 0.4) is 0 Å². The van der Waals surface area contributed by atoms with Crippen molar-refractivity contribution < 1.29 is 27.5 Å². The number of benzene rings is 1. The summed E-state index contributed by atoms with van der Waals surface area (Å²) in [5, 5.41) is 5.42. The molecule has 0 aromatic heterocycles. The fourth-order valence-electron chi connectivity index (χ4n) is 1.98. The molecule has 0 aliphatic heterocycles. The number of amides is 2. The van der Waals surface area contributed by atoms with Gasteiger partial charge in [0.05, 0.1) is 0 Å². The zero-order valence-electron chi connectivity index (χ0n) is 14.7. The van der Waals surface area contributed by atoms with Crippen LogP contribution in [0.2, 0.25) is 0 Å². The third-order valence-electron chi connectivity index (χ3n) is 3.38. The van der Waals surface area contributed by atoms with E-state index in [9.17, 15) is 22.8 Å². The fourth-order valence-corrected chi connectivity index (χ4v) is 2.45. The molecule has 0 saturated carbocycles. The highest BCUT2D eigenvalue weighted by molar-refractivity contribution is 7.98. The van der Waals surface area contributed by atoms with Crippen molar-refractivity contribution >= 4 is 23.6 Å². The summed E-state index contributed by atoms with van der Waals surface area (Å²) in [5.41, 5.74) is 0.711. The van der Waals surface area contributed by atoms with E-state index < -0.39 is 18.8 Å². The van der Waals surface area contributed by atoms with Gasteiger partial charge in [0.25, 0.3) is 0 Å². The lowest BCUT2D eigenvalue weighted by atomic mass is 10.1. The van der Waals surface area contributed by atoms with Crippen LogP contribution in [0.15, 0.2) is 24.3 Å². The Kier molecular flexibility index (Phi) is 9.32. The number of ether oxygens (including phenoxy) is 1. The number of hydrogen-bond acceptors (Lipinski definition) is 4. The van der Waals surface area contributed by atoms with Gasteiger partial charge in [-0.15, -0.1) is 0 Å². The van der Waals surface area contributed by atoms with Gasteiger partial charge in [-0.05, 0) is 36.1 Å². The third-order valence-corrected chi connectivity index (χ3v) is 4.02. The van der Waals surface area contributed by atoms with Crippen LogP contribution in [0.1, 0.15) is 25.3 Å². The maximum atomic E-state index is 12.3. The second kappa shape index (κ2) is 10.9. The molecule has 2 N–H and O–H groups in total. The van der Waals surface area contributed by atoms with Crippen molar-refractivity contribution in [2.45, 2.75) is 38.5 Å². The Labute approximate surface area is 155 Å². The van der Waals surface area contributed by atoms with Crippen LogP contribution < -0.4 is 15.4 Å². The van der Waals surface area contributed by atoms with Gasteiger partial charge in [0.2, 0.25) is 11.8 Å². The fraction of sp³-hybridized carbons (Fsp3) is 0.529. The minimum Gasteiger partial charge on any atom is -0.484 e. The molecule has 0 fully saturated rings. The second-order valence-corrected chi connectivity index (χ2v) is 6.51. The number of thioether (sulfide) groups is 1. The van der Waals surface area contributed by atoms with E-state index in [4.69, 9.17) is 0 Å². The van der Waals surface area contributed by atoms with Gasteiger partial charge in [0, 0.05) is 13.0 Å². The van der Waals surface area contributed by atoms with Crippen LogP contribution in [0.5, 0.6) is 5.75 Å². The van der Waals surface area contributed by atoms with Crippen molar-refractivity contribution in [2.75, 3.05) is 18.6 Å². The third kappa shape index (κ3) is 8.98. The highest BCUT2D eigenvalue weighted by Gasteiger charge is 2.28. The summed E-state index contributed by atoms with van der Waals surface area (Å²) in [6.07, 6.45) is -1.66. The molecule has 0 aliphatic rings. The molecule has 146 valence electrons. The van der Waals surface area contributed by atoms with Gasteiger partial charge in [-0.3, -0.25) is 9.59 Å². The molecule has 1 atom stereocenters. The highest BCUT2D eigenvalue weighted by Crippen LogP contribution is 2.18. The molecule has 0 saturated heterocycles. The minimum atomic E-state index is -4.39. The molecule has 26 heavy (non-hydrogen) atoms. The number of hydrogen-bond donors (Lipinski definition) is 2. The molecule has 0 unspecified atom stereocenters. The summed E-state index contributed by atoms with van der Waals surface area (Å²) < 4.78 is 40.9. The summed E-state index contributed by atoms with van der Waals surface area (Å²) in [6.45, 7) is 0.564. The van der Waals surface area contributed by atoms with Gasteiger partial charge < -0.3 is 15.4 Å². The Morgan fingerprint density at radius 2 is 1.88 bits per heavy atom. The number of nitrogens with one attached hydrogen (secondary N) is 2. The van der Waals surface area contributed by atoms with E-state index in [1.54, 1.807) is 30.8 Å². The molecule has 0 heterocycles. The van der Waals surface area contributed by atoms with Crippen LogP contribution in [0, 0.1) is 0 Å². The second-order valence-electron chi connectivity index (χ2n) is 5.52. The predicted octanol–water partition coefficient (Wildman–Crippen LogP) is 2.89. The molecule has 5 nitrogen and oxygen atoms in total. The molecule has 1 rings (SSSR count). The van der Waals surface area contributed by atoms with E-state index in [2.05, 4.69) is 15.4 Å². The first kappa shape index (κ1) is 22.1. The normalized spacial score (nSPS) is 12.3. The molecule has 1 aromatic carbocycles. The topological polar surface area (TPSA) is 67.4 Å². The van der Waals surface area contributed by atoms with Crippen LogP contribution in [-0.4, -0.2) is 42.6 Å². The summed E-state index contributed by atoms with van der Waals surface area (Å²) >= 11 is 1.58. The van der Waals surface area contributed by atoms with E-state index in [0.717, 1.165) is 5.75 Å². The van der Waals surface area contributed by atoms with Crippen LogP contribution in [0.4, 0.5) is 13.2 Å². The molecule has 0 bridgehead atoms. The van der Waals surface area contributed by atoms with E-state index in [1.807, 2.05) is 6.26 Å². The van der Waals surface area contributed by atoms with Crippen molar-refractivity contribution in [1.29, 1.82) is 0 Å². The quantitative estimate of drug-likeness (QED) is 0.643. The lowest BCUT2D eigenvalue weighted by Crippen LogP contribution is -2.46. The molecule has 0 radical (unpaired) electrons. The lowest BCUT2D eigenvalue weighted by molar-refractivity contribution is -0.153. The average Bonchev–Trinajstić information content (AvgIpc) is 2.61. The van der Waals surface area contributed by atoms with Gasteiger partial charge in [-0.25, -0.2) is 0 Å². The minimum absolute atomic E-state index is 0.102. The Morgan fingerprint density at radius 1 is 1.23 bits per heavy atom. The summed E-state index contributed by atoms with van der Waals surface area (Å²) in [4.78, 5) is 23.8. The van der Waals surface area contributed by atoms with Crippen molar-refractivity contribution in [2.24, 2.45) is 0 Å². The van der Waals surface area contributed by atoms with E-state index >= 15 is 0 Å². The summed E-state index contributed by atoms with van der Waals surface area (Å²) in [7, 11) is 0. The monoisotopic (exact) mass is 392 g/mol. The van der Waals surface area contributed by atoms with E-state index in [1.165, 1.54) is 12.1 Å². The molecule has 0 spiro atoms. The summed E-state index contributed by atoms with van der Waals surface area (Å²) in [6, 6.07) is 5.37. The predicted molar refractivity (Wildman–Crippen MR) is 95.1 cm³/mol. The molecule has 2 amide bonds. The Hall–Kier alpha value is -1.90.